The summed E-state index contributed by atoms with van der Waals surface area (Å²) in [5.74, 6) is -0.690. The monoisotopic (exact) mass is 312 g/mol. The molecule has 7 heteroatoms. The number of hydrogen-bond acceptors (Lipinski definition) is 4. The highest BCUT2D eigenvalue weighted by atomic mass is 35.5. The van der Waals surface area contributed by atoms with Crippen molar-refractivity contribution < 1.29 is 9.18 Å². The molecular formula is C12H6ClFN2OS2. The number of aromatic nitrogens is 1. The molecule has 3 rings (SSSR count). The van der Waals surface area contributed by atoms with Gasteiger partial charge in [-0.15, -0.1) is 11.3 Å². The third kappa shape index (κ3) is 2.47. The van der Waals surface area contributed by atoms with Gasteiger partial charge in [-0.05, 0) is 24.3 Å². The zero-order valence-corrected chi connectivity index (χ0v) is 11.7. The molecule has 0 bridgehead atoms. The number of fused-ring (bicyclic) bond motifs is 1. The Hall–Kier alpha value is -1.50. The fraction of sp³-hybridized carbons (Fsp3) is 0. The van der Waals surface area contributed by atoms with Crippen molar-refractivity contribution >= 4 is 55.5 Å². The van der Waals surface area contributed by atoms with Crippen molar-refractivity contribution in [3.8, 4) is 0 Å². The van der Waals surface area contributed by atoms with Crippen LogP contribution < -0.4 is 5.32 Å². The van der Waals surface area contributed by atoms with Crippen LogP contribution in [0.25, 0.3) is 10.2 Å². The van der Waals surface area contributed by atoms with Crippen molar-refractivity contribution in [1.29, 1.82) is 0 Å². The Kier molecular flexibility index (Phi) is 3.22. The first kappa shape index (κ1) is 12.5. The summed E-state index contributed by atoms with van der Waals surface area (Å²) in [5.41, 5.74) is 0.270. The topological polar surface area (TPSA) is 42.0 Å². The van der Waals surface area contributed by atoms with Crippen LogP contribution in [0.15, 0.2) is 30.3 Å². The van der Waals surface area contributed by atoms with Gasteiger partial charge in [0.05, 0.1) is 13.9 Å². The van der Waals surface area contributed by atoms with Gasteiger partial charge in [-0.25, -0.2) is 9.37 Å². The SMILES string of the molecule is O=C(Nc1nc2c(F)cccc2s1)c1ccc(Cl)s1. The predicted molar refractivity (Wildman–Crippen MR) is 76.9 cm³/mol. The van der Waals surface area contributed by atoms with E-state index in [1.165, 1.54) is 28.7 Å². The average Bonchev–Trinajstić information content (AvgIpc) is 2.96. The Labute approximate surface area is 120 Å². The van der Waals surface area contributed by atoms with E-state index in [4.69, 9.17) is 11.6 Å². The van der Waals surface area contributed by atoms with Gasteiger partial charge in [0.1, 0.15) is 11.3 Å². The van der Waals surface area contributed by atoms with E-state index in [0.717, 1.165) is 0 Å². The molecular weight excluding hydrogens is 307 g/mol. The summed E-state index contributed by atoms with van der Waals surface area (Å²) in [5, 5.41) is 3.01. The number of amides is 1. The lowest BCUT2D eigenvalue weighted by molar-refractivity contribution is 0.103. The molecule has 2 aromatic heterocycles. The maximum atomic E-state index is 13.5. The van der Waals surface area contributed by atoms with Crippen LogP contribution in [0.3, 0.4) is 0 Å². The molecule has 0 radical (unpaired) electrons. The fourth-order valence-corrected chi connectivity index (χ4v) is 3.38. The molecule has 0 unspecified atom stereocenters. The zero-order valence-electron chi connectivity index (χ0n) is 9.31. The maximum Gasteiger partial charge on any atom is 0.267 e. The first-order chi connectivity index (χ1) is 9.13. The minimum Gasteiger partial charge on any atom is -0.297 e. The second-order valence-corrected chi connectivity index (χ2v) is 6.41. The van der Waals surface area contributed by atoms with Gasteiger partial charge in [-0.3, -0.25) is 10.1 Å². The summed E-state index contributed by atoms with van der Waals surface area (Å²) in [6.45, 7) is 0. The lowest BCUT2D eigenvalue weighted by atomic mass is 10.3. The highest BCUT2D eigenvalue weighted by Gasteiger charge is 2.13. The van der Waals surface area contributed by atoms with Gasteiger partial charge in [0.15, 0.2) is 5.13 Å². The van der Waals surface area contributed by atoms with E-state index in [2.05, 4.69) is 10.3 Å². The van der Waals surface area contributed by atoms with Crippen LogP contribution in [-0.4, -0.2) is 10.9 Å². The van der Waals surface area contributed by atoms with Crippen LogP contribution in [-0.2, 0) is 0 Å². The molecule has 0 aliphatic heterocycles. The van der Waals surface area contributed by atoms with E-state index in [1.807, 2.05) is 0 Å². The summed E-state index contributed by atoms with van der Waals surface area (Å²) in [7, 11) is 0. The van der Waals surface area contributed by atoms with Gasteiger partial charge in [-0.2, -0.15) is 0 Å². The number of nitrogens with zero attached hydrogens (tertiary/aromatic N) is 1. The minimum absolute atomic E-state index is 0.270. The van der Waals surface area contributed by atoms with Gasteiger partial charge < -0.3 is 0 Å². The molecule has 0 aliphatic rings. The summed E-state index contributed by atoms with van der Waals surface area (Å²) in [6, 6.07) is 8.00. The molecule has 0 aliphatic carbocycles. The number of benzene rings is 1. The fourth-order valence-electron chi connectivity index (χ4n) is 1.56. The molecule has 3 aromatic rings. The predicted octanol–water partition coefficient (Wildman–Crippen LogP) is 4.40. The molecule has 3 nitrogen and oxygen atoms in total. The summed E-state index contributed by atoms with van der Waals surface area (Å²) in [4.78, 5) is 16.5. The number of halogens is 2. The number of hydrogen-bond donors (Lipinski definition) is 1. The Morgan fingerprint density at radius 2 is 2.11 bits per heavy atom. The Morgan fingerprint density at radius 3 is 2.79 bits per heavy atom. The molecule has 0 saturated heterocycles. The lowest BCUT2D eigenvalue weighted by Gasteiger charge is -1.96. The number of rotatable bonds is 2. The smallest absolute Gasteiger partial charge is 0.267 e. The van der Waals surface area contributed by atoms with Gasteiger partial charge in [-0.1, -0.05) is 29.0 Å². The first-order valence-corrected chi connectivity index (χ1v) is 7.26. The number of carbonyl (C=O) groups is 1. The molecule has 0 saturated carbocycles. The van der Waals surface area contributed by atoms with Gasteiger partial charge in [0, 0.05) is 0 Å². The van der Waals surface area contributed by atoms with Crippen molar-refractivity contribution in [2.24, 2.45) is 0 Å². The minimum atomic E-state index is -0.395. The van der Waals surface area contributed by atoms with Crippen LogP contribution in [0.5, 0.6) is 0 Å². The Morgan fingerprint density at radius 1 is 1.26 bits per heavy atom. The molecule has 0 spiro atoms. The van der Waals surface area contributed by atoms with Crippen molar-refractivity contribution in [2.75, 3.05) is 5.32 Å². The van der Waals surface area contributed by atoms with Crippen LogP contribution in [0.4, 0.5) is 9.52 Å². The van der Waals surface area contributed by atoms with Gasteiger partial charge >= 0.3 is 0 Å². The molecule has 96 valence electrons. The average molecular weight is 313 g/mol. The summed E-state index contributed by atoms with van der Waals surface area (Å²) >= 11 is 8.18. The number of anilines is 1. The van der Waals surface area contributed by atoms with E-state index < -0.39 is 5.82 Å². The van der Waals surface area contributed by atoms with Gasteiger partial charge in [0.2, 0.25) is 0 Å². The zero-order chi connectivity index (χ0) is 13.4. The number of carbonyl (C=O) groups excluding carboxylic acids is 1. The second kappa shape index (κ2) is 4.88. The van der Waals surface area contributed by atoms with Crippen molar-refractivity contribution in [3.63, 3.8) is 0 Å². The lowest BCUT2D eigenvalue weighted by Crippen LogP contribution is -2.09. The highest BCUT2D eigenvalue weighted by molar-refractivity contribution is 7.22. The van der Waals surface area contributed by atoms with Gasteiger partial charge in [0.25, 0.3) is 5.91 Å². The number of para-hydroxylation sites is 1. The number of nitrogens with one attached hydrogen (secondary N) is 1. The quantitative estimate of drug-likeness (QED) is 0.762. The molecule has 2 heterocycles. The van der Waals surface area contributed by atoms with E-state index in [-0.39, 0.29) is 11.4 Å². The normalized spacial score (nSPS) is 10.8. The standard InChI is InChI=1S/C12H6ClFN2OS2/c13-9-5-4-8(18-9)11(17)16-12-15-10-6(14)2-1-3-7(10)19-12/h1-5H,(H,15,16,17). The molecule has 0 atom stereocenters. The molecule has 0 fully saturated rings. The third-order valence-corrected chi connectivity index (χ3v) is 4.55. The molecule has 1 N–H and O–H groups in total. The van der Waals surface area contributed by atoms with Crippen molar-refractivity contribution in [3.05, 3.63) is 45.4 Å². The Balaban J connectivity index is 1.89. The summed E-state index contributed by atoms with van der Waals surface area (Å²) < 4.78 is 14.7. The highest BCUT2D eigenvalue weighted by Crippen LogP contribution is 2.28. The van der Waals surface area contributed by atoms with E-state index in [9.17, 15) is 9.18 Å². The van der Waals surface area contributed by atoms with E-state index in [1.54, 1.807) is 24.3 Å². The second-order valence-electron chi connectivity index (χ2n) is 3.66. The van der Waals surface area contributed by atoms with Crippen molar-refractivity contribution in [1.82, 2.24) is 4.98 Å². The van der Waals surface area contributed by atoms with E-state index in [0.29, 0.717) is 19.0 Å². The number of thiophene rings is 1. The van der Waals surface area contributed by atoms with Crippen LogP contribution in [0.2, 0.25) is 4.34 Å². The maximum absolute atomic E-state index is 13.5. The Bertz CT molecular complexity index is 768. The molecule has 1 aromatic carbocycles. The van der Waals surface area contributed by atoms with Crippen LogP contribution in [0, 0.1) is 5.82 Å². The first-order valence-electron chi connectivity index (χ1n) is 5.25. The molecule has 1 amide bonds. The number of thiazole rings is 1. The van der Waals surface area contributed by atoms with Crippen molar-refractivity contribution in [2.45, 2.75) is 0 Å². The summed E-state index contributed by atoms with van der Waals surface area (Å²) in [6.07, 6.45) is 0. The third-order valence-electron chi connectivity index (χ3n) is 2.39. The molecule has 19 heavy (non-hydrogen) atoms. The van der Waals surface area contributed by atoms with Crippen LogP contribution in [0.1, 0.15) is 9.67 Å². The van der Waals surface area contributed by atoms with E-state index >= 15 is 0 Å². The van der Waals surface area contributed by atoms with Crippen LogP contribution >= 0.6 is 34.3 Å². The largest absolute Gasteiger partial charge is 0.297 e.